The molecule has 24 heavy (non-hydrogen) atoms. The third-order valence-corrected chi connectivity index (χ3v) is 3.65. The van der Waals surface area contributed by atoms with E-state index in [1.807, 2.05) is 55.5 Å². The minimum Gasteiger partial charge on any atom is -0.366 e. The van der Waals surface area contributed by atoms with E-state index in [-0.39, 0.29) is 0 Å². The van der Waals surface area contributed by atoms with Gasteiger partial charge in [0, 0.05) is 29.5 Å². The van der Waals surface area contributed by atoms with Crippen molar-refractivity contribution >= 4 is 23.4 Å². The van der Waals surface area contributed by atoms with Gasteiger partial charge in [-0.3, -0.25) is 4.98 Å². The Bertz CT molecular complexity index is 790. The summed E-state index contributed by atoms with van der Waals surface area (Å²) in [7, 11) is 0. The van der Waals surface area contributed by atoms with Gasteiger partial charge in [-0.25, -0.2) is 4.98 Å². The topological polar surface area (TPSA) is 62.7 Å². The summed E-state index contributed by atoms with van der Waals surface area (Å²) in [6.07, 6.45) is 1.77. The maximum Gasteiger partial charge on any atom is 0.225 e. The summed E-state index contributed by atoms with van der Waals surface area (Å²) >= 11 is 5.90. The molecule has 2 N–H and O–H groups in total. The van der Waals surface area contributed by atoms with Crippen molar-refractivity contribution in [3.63, 3.8) is 0 Å². The molecule has 0 spiro atoms. The maximum atomic E-state index is 5.90. The third-order valence-electron chi connectivity index (χ3n) is 3.39. The zero-order valence-corrected chi connectivity index (χ0v) is 14.1. The zero-order chi connectivity index (χ0) is 16.8. The molecule has 2 heterocycles. The van der Waals surface area contributed by atoms with Gasteiger partial charge in [0.15, 0.2) is 0 Å². The van der Waals surface area contributed by atoms with Gasteiger partial charge < -0.3 is 10.6 Å². The molecule has 0 aliphatic carbocycles. The normalized spacial score (nSPS) is 10.4. The van der Waals surface area contributed by atoms with Gasteiger partial charge in [0.2, 0.25) is 5.95 Å². The van der Waals surface area contributed by atoms with Gasteiger partial charge in [-0.2, -0.15) is 4.98 Å². The number of hydrogen-bond donors (Lipinski definition) is 2. The molecule has 0 saturated heterocycles. The van der Waals surface area contributed by atoms with Crippen molar-refractivity contribution in [2.45, 2.75) is 20.0 Å². The molecular weight excluding hydrogens is 322 g/mol. The van der Waals surface area contributed by atoms with E-state index in [4.69, 9.17) is 11.6 Å². The SMILES string of the molecule is Cc1cc(NCc2ccc(Cl)cc2)nc(NCc2ccccn2)n1. The first-order chi connectivity index (χ1) is 11.7. The summed E-state index contributed by atoms with van der Waals surface area (Å²) in [5.74, 6) is 1.36. The number of aryl methyl sites for hydroxylation is 1. The highest BCUT2D eigenvalue weighted by molar-refractivity contribution is 6.30. The van der Waals surface area contributed by atoms with Gasteiger partial charge in [-0.05, 0) is 36.8 Å². The van der Waals surface area contributed by atoms with Crippen LogP contribution >= 0.6 is 11.6 Å². The summed E-state index contributed by atoms with van der Waals surface area (Å²) < 4.78 is 0. The Labute approximate surface area is 146 Å². The van der Waals surface area contributed by atoms with Gasteiger partial charge in [0.05, 0.1) is 12.2 Å². The van der Waals surface area contributed by atoms with Gasteiger partial charge >= 0.3 is 0 Å². The lowest BCUT2D eigenvalue weighted by Crippen LogP contribution is -2.08. The number of halogens is 1. The molecule has 0 unspecified atom stereocenters. The second-order valence-electron chi connectivity index (χ2n) is 5.37. The Morgan fingerprint density at radius 2 is 1.79 bits per heavy atom. The molecule has 1 aromatic carbocycles. The number of anilines is 2. The summed E-state index contributed by atoms with van der Waals surface area (Å²) in [6.45, 7) is 3.20. The summed E-state index contributed by atoms with van der Waals surface area (Å²) in [5.41, 5.74) is 2.98. The van der Waals surface area contributed by atoms with E-state index in [0.717, 1.165) is 27.8 Å². The lowest BCUT2D eigenvalue weighted by molar-refractivity contribution is 0.982. The third kappa shape index (κ3) is 4.67. The van der Waals surface area contributed by atoms with Crippen LogP contribution in [0, 0.1) is 6.92 Å². The standard InChI is InChI=1S/C18H18ClN5/c1-13-10-17(21-11-14-5-7-15(19)8-6-14)24-18(23-13)22-12-16-4-2-3-9-20-16/h2-10H,11-12H2,1H3,(H2,21,22,23,24). The van der Waals surface area contributed by atoms with Crippen molar-refractivity contribution in [2.75, 3.05) is 10.6 Å². The highest BCUT2D eigenvalue weighted by atomic mass is 35.5. The second-order valence-corrected chi connectivity index (χ2v) is 5.81. The van der Waals surface area contributed by atoms with Crippen molar-refractivity contribution in [2.24, 2.45) is 0 Å². The van der Waals surface area contributed by atoms with Crippen LogP contribution in [0.4, 0.5) is 11.8 Å². The van der Waals surface area contributed by atoms with Crippen LogP contribution in [0.25, 0.3) is 0 Å². The molecule has 2 aromatic heterocycles. The molecule has 3 rings (SSSR count). The molecule has 122 valence electrons. The number of aromatic nitrogens is 3. The molecule has 0 amide bonds. The predicted molar refractivity (Wildman–Crippen MR) is 97.1 cm³/mol. The fourth-order valence-electron chi connectivity index (χ4n) is 2.21. The van der Waals surface area contributed by atoms with Crippen LogP contribution in [0.3, 0.4) is 0 Å². The number of benzene rings is 1. The number of rotatable bonds is 6. The van der Waals surface area contributed by atoms with Crippen molar-refractivity contribution in [3.8, 4) is 0 Å². The van der Waals surface area contributed by atoms with E-state index in [9.17, 15) is 0 Å². The molecule has 3 aromatic rings. The van der Waals surface area contributed by atoms with E-state index in [1.165, 1.54) is 0 Å². The minimum absolute atomic E-state index is 0.583. The van der Waals surface area contributed by atoms with Crippen molar-refractivity contribution < 1.29 is 0 Å². The number of nitrogens with one attached hydrogen (secondary N) is 2. The van der Waals surface area contributed by atoms with Gasteiger partial charge in [-0.15, -0.1) is 0 Å². The molecule has 0 aliphatic heterocycles. The van der Waals surface area contributed by atoms with Crippen LogP contribution in [0.15, 0.2) is 54.7 Å². The van der Waals surface area contributed by atoms with Crippen molar-refractivity contribution in [1.29, 1.82) is 0 Å². The molecule has 6 heteroatoms. The van der Waals surface area contributed by atoms with E-state index in [0.29, 0.717) is 19.0 Å². The highest BCUT2D eigenvalue weighted by Gasteiger charge is 2.03. The fraction of sp³-hybridized carbons (Fsp3) is 0.167. The first-order valence-electron chi connectivity index (χ1n) is 7.67. The van der Waals surface area contributed by atoms with Crippen LogP contribution in [-0.4, -0.2) is 15.0 Å². The Balaban J connectivity index is 1.63. The average molecular weight is 340 g/mol. The van der Waals surface area contributed by atoms with Gasteiger partial charge in [0.25, 0.3) is 0 Å². The number of hydrogen-bond acceptors (Lipinski definition) is 5. The zero-order valence-electron chi connectivity index (χ0n) is 13.3. The largest absolute Gasteiger partial charge is 0.366 e. The Morgan fingerprint density at radius 1 is 0.958 bits per heavy atom. The Kier molecular flexibility index (Phi) is 5.23. The summed E-state index contributed by atoms with van der Waals surface area (Å²) in [4.78, 5) is 13.2. The summed E-state index contributed by atoms with van der Waals surface area (Å²) in [6, 6.07) is 15.5. The minimum atomic E-state index is 0.583. The Morgan fingerprint density at radius 3 is 2.54 bits per heavy atom. The predicted octanol–water partition coefficient (Wildman–Crippen LogP) is 4.06. The van der Waals surface area contributed by atoms with Crippen LogP contribution in [0.1, 0.15) is 17.0 Å². The number of pyridine rings is 1. The Hall–Kier alpha value is -2.66. The van der Waals surface area contributed by atoms with Crippen molar-refractivity contribution in [1.82, 2.24) is 15.0 Å². The molecule has 0 fully saturated rings. The molecule has 0 saturated carbocycles. The van der Waals surface area contributed by atoms with E-state index >= 15 is 0 Å². The van der Waals surface area contributed by atoms with Crippen LogP contribution in [0.2, 0.25) is 5.02 Å². The molecule has 0 bridgehead atoms. The first kappa shape index (κ1) is 16.2. The molecule has 0 aliphatic rings. The lowest BCUT2D eigenvalue weighted by Gasteiger charge is -2.10. The van der Waals surface area contributed by atoms with Gasteiger partial charge in [0.1, 0.15) is 5.82 Å². The maximum absolute atomic E-state index is 5.90. The van der Waals surface area contributed by atoms with E-state index in [1.54, 1.807) is 6.20 Å². The van der Waals surface area contributed by atoms with Crippen LogP contribution < -0.4 is 10.6 Å². The second kappa shape index (κ2) is 7.75. The monoisotopic (exact) mass is 339 g/mol. The van der Waals surface area contributed by atoms with E-state index in [2.05, 4.69) is 25.6 Å². The van der Waals surface area contributed by atoms with Crippen LogP contribution in [0.5, 0.6) is 0 Å². The smallest absolute Gasteiger partial charge is 0.225 e. The first-order valence-corrected chi connectivity index (χ1v) is 8.04. The average Bonchev–Trinajstić information content (AvgIpc) is 2.60. The van der Waals surface area contributed by atoms with Crippen molar-refractivity contribution in [3.05, 3.63) is 76.7 Å². The van der Waals surface area contributed by atoms with E-state index < -0.39 is 0 Å². The van der Waals surface area contributed by atoms with Gasteiger partial charge in [-0.1, -0.05) is 29.8 Å². The molecule has 0 atom stereocenters. The number of nitrogens with zero attached hydrogens (tertiary/aromatic N) is 3. The van der Waals surface area contributed by atoms with Crippen LogP contribution in [-0.2, 0) is 13.1 Å². The summed E-state index contributed by atoms with van der Waals surface area (Å²) in [5, 5.41) is 7.25. The quantitative estimate of drug-likeness (QED) is 0.709. The lowest BCUT2D eigenvalue weighted by atomic mass is 10.2. The highest BCUT2D eigenvalue weighted by Crippen LogP contribution is 2.14. The molecule has 5 nitrogen and oxygen atoms in total. The fourth-order valence-corrected chi connectivity index (χ4v) is 2.33. The molecule has 0 radical (unpaired) electrons. The molecular formula is C18H18ClN5.